The van der Waals surface area contributed by atoms with E-state index in [0.717, 1.165) is 50.6 Å². The summed E-state index contributed by atoms with van der Waals surface area (Å²) in [7, 11) is 0. The summed E-state index contributed by atoms with van der Waals surface area (Å²) in [5.41, 5.74) is 0. The van der Waals surface area contributed by atoms with Gasteiger partial charge in [0.1, 0.15) is 0 Å². The molecule has 5 nitrogen and oxygen atoms in total. The molecular formula is C15H23N3O2S. The first-order valence-corrected chi connectivity index (χ1v) is 8.64. The highest BCUT2D eigenvalue weighted by molar-refractivity contribution is 7.13. The lowest BCUT2D eigenvalue weighted by Crippen LogP contribution is -2.55. The smallest absolute Gasteiger partial charge is 0.308 e. The van der Waals surface area contributed by atoms with E-state index in [2.05, 4.69) is 21.7 Å². The van der Waals surface area contributed by atoms with Crippen LogP contribution in [0.3, 0.4) is 0 Å². The molecule has 3 unspecified atom stereocenters. The molecule has 1 aliphatic carbocycles. The van der Waals surface area contributed by atoms with Gasteiger partial charge in [-0.1, -0.05) is 6.92 Å². The molecule has 3 rings (SSSR count). The maximum Gasteiger partial charge on any atom is 0.308 e. The zero-order chi connectivity index (χ0) is 14.8. The Labute approximate surface area is 129 Å². The Morgan fingerprint density at radius 1 is 1.33 bits per heavy atom. The molecule has 0 radical (unpaired) electrons. The summed E-state index contributed by atoms with van der Waals surface area (Å²) >= 11 is 1.67. The molecule has 1 saturated carbocycles. The quantitative estimate of drug-likeness (QED) is 0.927. The molecule has 2 aliphatic rings. The van der Waals surface area contributed by atoms with Crippen molar-refractivity contribution < 1.29 is 9.90 Å². The van der Waals surface area contributed by atoms with E-state index >= 15 is 0 Å². The van der Waals surface area contributed by atoms with E-state index < -0.39 is 5.97 Å². The molecule has 1 saturated heterocycles. The van der Waals surface area contributed by atoms with Crippen LogP contribution in [0.5, 0.6) is 0 Å². The molecule has 0 aromatic carbocycles. The molecule has 116 valence electrons. The number of carboxylic acid groups (broad SMARTS) is 1. The second kappa shape index (κ2) is 6.32. The average molecular weight is 309 g/mol. The number of carboxylic acids is 1. The molecule has 1 N–H and O–H groups in total. The van der Waals surface area contributed by atoms with Crippen LogP contribution in [0, 0.1) is 11.8 Å². The van der Waals surface area contributed by atoms with Gasteiger partial charge in [-0.05, 0) is 25.2 Å². The monoisotopic (exact) mass is 309 g/mol. The lowest BCUT2D eigenvalue weighted by atomic mass is 9.78. The van der Waals surface area contributed by atoms with Crippen molar-refractivity contribution in [1.82, 2.24) is 9.88 Å². The van der Waals surface area contributed by atoms with Crippen molar-refractivity contribution in [2.45, 2.75) is 32.2 Å². The predicted molar refractivity (Wildman–Crippen MR) is 83.8 cm³/mol. The molecule has 0 amide bonds. The van der Waals surface area contributed by atoms with Crippen LogP contribution in [0.4, 0.5) is 5.13 Å². The summed E-state index contributed by atoms with van der Waals surface area (Å²) in [6.07, 6.45) is 4.74. The summed E-state index contributed by atoms with van der Waals surface area (Å²) in [5.74, 6) is -0.163. The van der Waals surface area contributed by atoms with Gasteiger partial charge in [0, 0.05) is 43.8 Å². The fourth-order valence-electron chi connectivity index (χ4n) is 3.66. The van der Waals surface area contributed by atoms with E-state index in [1.54, 1.807) is 11.3 Å². The molecule has 1 aliphatic heterocycles. The van der Waals surface area contributed by atoms with Crippen molar-refractivity contribution in [3.05, 3.63) is 11.6 Å². The molecule has 1 aromatic heterocycles. The second-order valence-corrected chi connectivity index (χ2v) is 7.14. The molecule has 2 heterocycles. The van der Waals surface area contributed by atoms with Gasteiger partial charge in [-0.25, -0.2) is 4.98 Å². The number of carbonyl (C=O) groups is 1. The van der Waals surface area contributed by atoms with E-state index in [-0.39, 0.29) is 12.0 Å². The minimum atomic E-state index is -0.616. The van der Waals surface area contributed by atoms with E-state index in [1.165, 1.54) is 0 Å². The summed E-state index contributed by atoms with van der Waals surface area (Å²) in [6.45, 7) is 6.04. The maximum absolute atomic E-state index is 11.5. The van der Waals surface area contributed by atoms with Crippen molar-refractivity contribution in [2.75, 3.05) is 31.1 Å². The highest BCUT2D eigenvalue weighted by Crippen LogP contribution is 2.33. The van der Waals surface area contributed by atoms with Gasteiger partial charge in [-0.15, -0.1) is 11.3 Å². The third-order valence-corrected chi connectivity index (χ3v) is 5.70. The molecule has 1 aromatic rings. The fourth-order valence-corrected chi connectivity index (χ4v) is 4.36. The standard InChI is InChI=1S/C15H23N3O2S/c1-11-2-3-12(14(19)20)13(10-11)17-5-7-18(8-6-17)15-16-4-9-21-15/h4,9,11-13H,2-3,5-8,10H2,1H3,(H,19,20). The van der Waals surface area contributed by atoms with Gasteiger partial charge < -0.3 is 10.0 Å². The van der Waals surface area contributed by atoms with Crippen LogP contribution < -0.4 is 4.90 Å². The highest BCUT2D eigenvalue weighted by Gasteiger charge is 2.38. The third kappa shape index (κ3) is 3.21. The SMILES string of the molecule is CC1CCC(C(=O)O)C(N2CCN(c3nccs3)CC2)C1. The number of aliphatic carboxylic acids is 1. The highest BCUT2D eigenvalue weighted by atomic mass is 32.1. The van der Waals surface area contributed by atoms with Gasteiger partial charge >= 0.3 is 5.97 Å². The number of hydrogen-bond donors (Lipinski definition) is 1. The van der Waals surface area contributed by atoms with Gasteiger partial charge in [0.05, 0.1) is 5.92 Å². The minimum absolute atomic E-state index is 0.187. The molecule has 6 heteroatoms. The molecule has 0 spiro atoms. The zero-order valence-electron chi connectivity index (χ0n) is 12.4. The first kappa shape index (κ1) is 14.8. The Bertz CT molecular complexity index is 471. The number of thiazole rings is 1. The lowest BCUT2D eigenvalue weighted by molar-refractivity contribution is -0.146. The Balaban J connectivity index is 1.63. The van der Waals surface area contributed by atoms with Crippen LogP contribution in [0.1, 0.15) is 26.2 Å². The van der Waals surface area contributed by atoms with Gasteiger partial charge in [0.2, 0.25) is 0 Å². The van der Waals surface area contributed by atoms with E-state index in [9.17, 15) is 9.90 Å². The number of aromatic nitrogens is 1. The van der Waals surface area contributed by atoms with E-state index in [4.69, 9.17) is 0 Å². The largest absolute Gasteiger partial charge is 0.481 e. The molecule has 0 bridgehead atoms. The molecule has 3 atom stereocenters. The van der Waals surface area contributed by atoms with E-state index in [0.29, 0.717) is 5.92 Å². The Hall–Kier alpha value is -1.14. The third-order valence-electron chi connectivity index (χ3n) is 4.87. The normalized spacial score (nSPS) is 31.3. The topological polar surface area (TPSA) is 56.7 Å². The van der Waals surface area contributed by atoms with Crippen molar-refractivity contribution in [3.63, 3.8) is 0 Å². The Kier molecular flexibility index (Phi) is 4.45. The first-order valence-electron chi connectivity index (χ1n) is 7.76. The number of rotatable bonds is 3. The minimum Gasteiger partial charge on any atom is -0.481 e. The van der Waals surface area contributed by atoms with Crippen LogP contribution >= 0.6 is 11.3 Å². The fraction of sp³-hybridized carbons (Fsp3) is 0.733. The summed E-state index contributed by atoms with van der Waals surface area (Å²) < 4.78 is 0. The Morgan fingerprint density at radius 2 is 2.10 bits per heavy atom. The first-order chi connectivity index (χ1) is 10.1. The summed E-state index contributed by atoms with van der Waals surface area (Å²) in [4.78, 5) is 20.6. The molecular weight excluding hydrogens is 286 g/mol. The van der Waals surface area contributed by atoms with Crippen LogP contribution in [-0.4, -0.2) is 53.2 Å². The average Bonchev–Trinajstić information content (AvgIpc) is 3.01. The van der Waals surface area contributed by atoms with Gasteiger partial charge in [0.25, 0.3) is 0 Å². The summed E-state index contributed by atoms with van der Waals surface area (Å²) in [5, 5.41) is 12.6. The van der Waals surface area contributed by atoms with Crippen molar-refractivity contribution in [1.29, 1.82) is 0 Å². The van der Waals surface area contributed by atoms with Crippen LogP contribution in [-0.2, 0) is 4.79 Å². The van der Waals surface area contributed by atoms with Crippen molar-refractivity contribution in [3.8, 4) is 0 Å². The predicted octanol–water partition coefficient (Wildman–Crippen LogP) is 2.15. The van der Waals surface area contributed by atoms with Gasteiger partial charge in [-0.2, -0.15) is 0 Å². The number of piperazine rings is 1. The second-order valence-electron chi connectivity index (χ2n) is 6.27. The van der Waals surface area contributed by atoms with Crippen LogP contribution in [0.15, 0.2) is 11.6 Å². The van der Waals surface area contributed by atoms with Crippen LogP contribution in [0.25, 0.3) is 0 Å². The number of nitrogens with zero attached hydrogens (tertiary/aromatic N) is 3. The van der Waals surface area contributed by atoms with Gasteiger partial charge in [-0.3, -0.25) is 9.69 Å². The number of hydrogen-bond acceptors (Lipinski definition) is 5. The molecule has 2 fully saturated rings. The van der Waals surface area contributed by atoms with Crippen molar-refractivity contribution >= 4 is 22.4 Å². The van der Waals surface area contributed by atoms with E-state index in [1.807, 2.05) is 11.6 Å². The van der Waals surface area contributed by atoms with Crippen LogP contribution in [0.2, 0.25) is 0 Å². The molecule has 21 heavy (non-hydrogen) atoms. The summed E-state index contributed by atoms with van der Waals surface area (Å²) in [6, 6.07) is 0.213. The van der Waals surface area contributed by atoms with Gasteiger partial charge in [0.15, 0.2) is 5.13 Å². The van der Waals surface area contributed by atoms with Crippen molar-refractivity contribution in [2.24, 2.45) is 11.8 Å². The lowest BCUT2D eigenvalue weighted by Gasteiger charge is -2.44. The Morgan fingerprint density at radius 3 is 2.71 bits per heavy atom. The maximum atomic E-state index is 11.5. The zero-order valence-corrected chi connectivity index (χ0v) is 13.3. The number of anilines is 1.